The molecule has 0 amide bonds. The van der Waals surface area contributed by atoms with Crippen molar-refractivity contribution in [2.24, 2.45) is 0 Å². The van der Waals surface area contributed by atoms with Crippen molar-refractivity contribution in [1.82, 2.24) is 10.0 Å². The van der Waals surface area contributed by atoms with Crippen molar-refractivity contribution in [1.29, 1.82) is 0 Å². The first-order valence-corrected chi connectivity index (χ1v) is 8.24. The molecule has 4 nitrogen and oxygen atoms in total. The highest BCUT2D eigenvalue weighted by atomic mass is 35.5. The molecule has 1 fully saturated rings. The van der Waals surface area contributed by atoms with Crippen LogP contribution in [0.4, 0.5) is 0 Å². The quantitative estimate of drug-likeness (QED) is 0.890. The molecular weight excluding hydrogens is 280 g/mol. The van der Waals surface area contributed by atoms with Crippen LogP contribution in [0.25, 0.3) is 0 Å². The molecule has 0 radical (unpaired) electrons. The van der Waals surface area contributed by atoms with E-state index < -0.39 is 10.0 Å². The molecule has 2 N–H and O–H groups in total. The topological polar surface area (TPSA) is 58.2 Å². The van der Waals surface area contributed by atoms with Gasteiger partial charge in [0.1, 0.15) is 4.21 Å². The number of hydrogen-bond donors (Lipinski definition) is 2. The molecule has 0 spiro atoms. The minimum absolute atomic E-state index is 0.244. The molecule has 1 saturated heterocycles. The van der Waals surface area contributed by atoms with Gasteiger partial charge in [-0.1, -0.05) is 18.0 Å². The number of piperidine rings is 1. The number of sulfonamides is 1. The standard InChI is InChI=1S/C10H15ClN2O2S2/c11-9-4-5-10(16-9)17(14,15)13-7-8-3-1-2-6-12-8/h4-5,8,12-13H,1-3,6-7H2. The molecule has 17 heavy (non-hydrogen) atoms. The van der Waals surface area contributed by atoms with Crippen LogP contribution in [-0.4, -0.2) is 27.5 Å². The van der Waals surface area contributed by atoms with Gasteiger partial charge in [0.05, 0.1) is 4.34 Å². The molecule has 2 heterocycles. The van der Waals surface area contributed by atoms with Gasteiger partial charge in [-0.2, -0.15) is 0 Å². The van der Waals surface area contributed by atoms with Gasteiger partial charge >= 0.3 is 0 Å². The second-order valence-electron chi connectivity index (χ2n) is 4.06. The summed E-state index contributed by atoms with van der Waals surface area (Å²) in [5, 5.41) is 3.30. The van der Waals surface area contributed by atoms with E-state index in [9.17, 15) is 8.42 Å². The summed E-state index contributed by atoms with van der Waals surface area (Å²) in [6.45, 7) is 1.41. The second-order valence-corrected chi connectivity index (χ2v) is 7.77. The van der Waals surface area contributed by atoms with Gasteiger partial charge in [0.15, 0.2) is 0 Å². The van der Waals surface area contributed by atoms with Crippen LogP contribution in [0, 0.1) is 0 Å². The Morgan fingerprint density at radius 2 is 2.29 bits per heavy atom. The first kappa shape index (κ1) is 13.3. The Balaban J connectivity index is 1.93. The summed E-state index contributed by atoms with van der Waals surface area (Å²) in [5.41, 5.74) is 0. The summed E-state index contributed by atoms with van der Waals surface area (Å²) in [5.74, 6) is 0. The van der Waals surface area contributed by atoms with E-state index in [1.54, 1.807) is 6.07 Å². The Morgan fingerprint density at radius 1 is 1.47 bits per heavy atom. The van der Waals surface area contributed by atoms with Crippen molar-refractivity contribution in [3.05, 3.63) is 16.5 Å². The number of rotatable bonds is 4. The molecule has 0 bridgehead atoms. The Kier molecular flexibility index (Phi) is 4.43. The number of thiophene rings is 1. The predicted octanol–water partition coefficient (Wildman–Crippen LogP) is 1.82. The number of halogens is 1. The Bertz CT molecular complexity index is 466. The molecule has 1 aromatic heterocycles. The van der Waals surface area contributed by atoms with E-state index in [0.717, 1.165) is 30.7 Å². The van der Waals surface area contributed by atoms with Crippen molar-refractivity contribution >= 4 is 33.0 Å². The van der Waals surface area contributed by atoms with Crippen molar-refractivity contribution in [2.75, 3.05) is 13.1 Å². The zero-order chi connectivity index (χ0) is 12.3. The third-order valence-corrected chi connectivity index (χ3v) is 5.89. The average molecular weight is 295 g/mol. The van der Waals surface area contributed by atoms with Gasteiger partial charge < -0.3 is 5.32 Å². The zero-order valence-corrected chi connectivity index (χ0v) is 11.7. The fraction of sp³-hybridized carbons (Fsp3) is 0.600. The highest BCUT2D eigenvalue weighted by Crippen LogP contribution is 2.25. The lowest BCUT2D eigenvalue weighted by Gasteiger charge is -2.23. The van der Waals surface area contributed by atoms with Crippen LogP contribution < -0.4 is 10.0 Å². The smallest absolute Gasteiger partial charge is 0.250 e. The molecule has 0 aliphatic carbocycles. The molecule has 2 rings (SSSR count). The molecule has 1 atom stereocenters. The molecule has 1 aliphatic rings. The maximum atomic E-state index is 11.9. The van der Waals surface area contributed by atoms with E-state index in [2.05, 4.69) is 10.0 Å². The van der Waals surface area contributed by atoms with Crippen molar-refractivity contribution in [2.45, 2.75) is 29.5 Å². The lowest BCUT2D eigenvalue weighted by molar-refractivity contribution is 0.398. The van der Waals surface area contributed by atoms with E-state index in [0.29, 0.717) is 10.9 Å². The molecule has 0 aromatic carbocycles. The maximum Gasteiger partial charge on any atom is 0.250 e. The van der Waals surface area contributed by atoms with Crippen LogP contribution in [0.3, 0.4) is 0 Å². The first-order chi connectivity index (χ1) is 8.08. The molecule has 7 heteroatoms. The van der Waals surface area contributed by atoms with Crippen LogP contribution in [0.15, 0.2) is 16.3 Å². The summed E-state index contributed by atoms with van der Waals surface area (Å²) < 4.78 is 27.2. The van der Waals surface area contributed by atoms with Gasteiger partial charge in [-0.25, -0.2) is 13.1 Å². The maximum absolute atomic E-state index is 11.9. The Labute approximate surface area is 110 Å². The van der Waals surface area contributed by atoms with Gasteiger partial charge in [0.2, 0.25) is 10.0 Å². The molecule has 1 unspecified atom stereocenters. The van der Waals surface area contributed by atoms with Crippen LogP contribution in [-0.2, 0) is 10.0 Å². The minimum atomic E-state index is -3.39. The average Bonchev–Trinajstić information content (AvgIpc) is 2.76. The van der Waals surface area contributed by atoms with E-state index in [-0.39, 0.29) is 10.3 Å². The van der Waals surface area contributed by atoms with E-state index in [4.69, 9.17) is 11.6 Å². The van der Waals surface area contributed by atoms with Gasteiger partial charge in [-0.3, -0.25) is 0 Å². The minimum Gasteiger partial charge on any atom is -0.313 e. The Hall–Kier alpha value is -0.140. The molecule has 1 aromatic rings. The van der Waals surface area contributed by atoms with Crippen LogP contribution >= 0.6 is 22.9 Å². The first-order valence-electron chi connectivity index (χ1n) is 5.56. The monoisotopic (exact) mass is 294 g/mol. The number of nitrogens with one attached hydrogen (secondary N) is 2. The van der Waals surface area contributed by atoms with Crippen LogP contribution in [0.5, 0.6) is 0 Å². The van der Waals surface area contributed by atoms with Crippen molar-refractivity contribution < 1.29 is 8.42 Å². The van der Waals surface area contributed by atoms with Crippen LogP contribution in [0.1, 0.15) is 19.3 Å². The highest BCUT2D eigenvalue weighted by molar-refractivity contribution is 7.91. The fourth-order valence-electron chi connectivity index (χ4n) is 1.82. The van der Waals surface area contributed by atoms with E-state index in [1.807, 2.05) is 0 Å². The largest absolute Gasteiger partial charge is 0.313 e. The third kappa shape index (κ3) is 3.66. The van der Waals surface area contributed by atoms with Crippen LogP contribution in [0.2, 0.25) is 4.34 Å². The van der Waals surface area contributed by atoms with Crippen molar-refractivity contribution in [3.63, 3.8) is 0 Å². The Morgan fingerprint density at radius 3 is 2.88 bits per heavy atom. The van der Waals surface area contributed by atoms with Gasteiger partial charge in [-0.05, 0) is 31.5 Å². The van der Waals surface area contributed by atoms with Gasteiger partial charge in [-0.15, -0.1) is 11.3 Å². The third-order valence-electron chi connectivity index (χ3n) is 2.75. The predicted molar refractivity (Wildman–Crippen MR) is 70.2 cm³/mol. The summed E-state index contributed by atoms with van der Waals surface area (Å²) in [7, 11) is -3.39. The second kappa shape index (κ2) is 5.67. The molecule has 1 aliphatic heterocycles. The highest BCUT2D eigenvalue weighted by Gasteiger charge is 2.19. The number of hydrogen-bond acceptors (Lipinski definition) is 4. The van der Waals surface area contributed by atoms with Gasteiger partial charge in [0, 0.05) is 12.6 Å². The SMILES string of the molecule is O=S(=O)(NCC1CCCCN1)c1ccc(Cl)s1. The zero-order valence-electron chi connectivity index (χ0n) is 9.28. The molecule has 0 saturated carbocycles. The molecule has 96 valence electrons. The van der Waals surface area contributed by atoms with Gasteiger partial charge in [0.25, 0.3) is 0 Å². The summed E-state index contributed by atoms with van der Waals surface area (Å²) in [4.78, 5) is 0. The van der Waals surface area contributed by atoms with E-state index in [1.165, 1.54) is 12.5 Å². The fourth-order valence-corrected chi connectivity index (χ4v) is 4.43. The summed E-state index contributed by atoms with van der Waals surface area (Å²) >= 11 is 6.81. The normalized spacial score (nSPS) is 21.6. The molecular formula is C10H15ClN2O2S2. The van der Waals surface area contributed by atoms with Crippen molar-refractivity contribution in [3.8, 4) is 0 Å². The summed E-state index contributed by atoms with van der Waals surface area (Å²) in [6, 6.07) is 3.37. The lowest BCUT2D eigenvalue weighted by Crippen LogP contribution is -2.43. The van der Waals surface area contributed by atoms with E-state index >= 15 is 0 Å². The lowest BCUT2D eigenvalue weighted by atomic mass is 10.1. The summed E-state index contributed by atoms with van der Waals surface area (Å²) in [6.07, 6.45) is 3.35.